The Morgan fingerprint density at radius 2 is 2.00 bits per heavy atom. The quantitative estimate of drug-likeness (QED) is 0.322. The minimum absolute atomic E-state index is 0.0173. The number of hydrogen-bond donors (Lipinski definition) is 3. The normalized spacial score (nSPS) is 20.0. The number of rotatable bonds is 10. The minimum Gasteiger partial charge on any atom is -0.367 e. The second-order valence-corrected chi connectivity index (χ2v) is 7.07. The van der Waals surface area contributed by atoms with E-state index in [1.54, 1.807) is 0 Å². The van der Waals surface area contributed by atoms with Crippen LogP contribution < -0.4 is 16.8 Å². The average molecular weight is 358 g/mol. The zero-order chi connectivity index (χ0) is 19.0. The highest BCUT2D eigenvalue weighted by atomic mass is 16.2. The number of allylic oxidation sites excluding steroid dienone is 1. The van der Waals surface area contributed by atoms with Crippen LogP contribution in [0.1, 0.15) is 24.8 Å². The standard InChI is InChI=1S/C20H30N4O2/c1-16(19(26)18(25)14-23-11-6-10-21)24-12-5-9-20(22,15-24)13-17-7-3-2-4-8-17/h2-4,7-8,23H,1,5-6,9-15,21-22H2. The van der Waals surface area contributed by atoms with Crippen molar-refractivity contribution in [1.82, 2.24) is 10.2 Å². The summed E-state index contributed by atoms with van der Waals surface area (Å²) in [6.45, 7) is 6.29. The molecule has 1 aliphatic heterocycles. The summed E-state index contributed by atoms with van der Waals surface area (Å²) in [4.78, 5) is 26.3. The molecular formula is C20H30N4O2. The number of carbonyl (C=O) groups excluding carboxylic acids is 2. The Hall–Kier alpha value is -2.02. The molecule has 2 rings (SSSR count). The van der Waals surface area contributed by atoms with Crippen LogP contribution in [-0.4, -0.2) is 54.7 Å². The van der Waals surface area contributed by atoms with E-state index >= 15 is 0 Å². The topological polar surface area (TPSA) is 101 Å². The van der Waals surface area contributed by atoms with E-state index in [1.807, 2.05) is 23.1 Å². The lowest BCUT2D eigenvalue weighted by Gasteiger charge is -2.42. The molecular weight excluding hydrogens is 328 g/mol. The Balaban J connectivity index is 1.92. The van der Waals surface area contributed by atoms with Gasteiger partial charge in [-0.3, -0.25) is 9.59 Å². The summed E-state index contributed by atoms with van der Waals surface area (Å²) in [7, 11) is 0. The van der Waals surface area contributed by atoms with Crippen molar-refractivity contribution in [3.8, 4) is 0 Å². The maximum atomic E-state index is 12.4. The summed E-state index contributed by atoms with van der Waals surface area (Å²) >= 11 is 0. The Morgan fingerprint density at radius 1 is 1.27 bits per heavy atom. The number of nitrogens with zero attached hydrogens (tertiary/aromatic N) is 1. The largest absolute Gasteiger partial charge is 0.367 e. The monoisotopic (exact) mass is 358 g/mol. The van der Waals surface area contributed by atoms with Gasteiger partial charge in [0.2, 0.25) is 11.6 Å². The molecule has 0 radical (unpaired) electrons. The lowest BCUT2D eigenvalue weighted by molar-refractivity contribution is -0.134. The molecule has 142 valence electrons. The number of carbonyl (C=O) groups is 2. The van der Waals surface area contributed by atoms with Crippen molar-refractivity contribution < 1.29 is 9.59 Å². The van der Waals surface area contributed by atoms with E-state index in [9.17, 15) is 9.59 Å². The molecule has 1 saturated heterocycles. The maximum Gasteiger partial charge on any atom is 0.245 e. The van der Waals surface area contributed by atoms with Gasteiger partial charge in [0.15, 0.2) is 0 Å². The fraction of sp³-hybridized carbons (Fsp3) is 0.500. The smallest absolute Gasteiger partial charge is 0.245 e. The number of benzene rings is 1. The first kappa shape index (κ1) is 20.3. The van der Waals surface area contributed by atoms with Gasteiger partial charge in [-0.1, -0.05) is 36.9 Å². The zero-order valence-corrected chi connectivity index (χ0v) is 15.4. The number of piperidine rings is 1. The molecule has 1 unspecified atom stereocenters. The molecule has 1 atom stereocenters. The van der Waals surface area contributed by atoms with Crippen molar-refractivity contribution in [2.24, 2.45) is 11.5 Å². The molecule has 1 aliphatic rings. The van der Waals surface area contributed by atoms with Crippen molar-refractivity contribution in [3.63, 3.8) is 0 Å². The molecule has 0 spiro atoms. The van der Waals surface area contributed by atoms with Gasteiger partial charge in [-0.2, -0.15) is 0 Å². The minimum atomic E-state index is -0.533. The number of Topliss-reactive ketones (excluding diaryl/α,β-unsaturated/α-hetero) is 2. The van der Waals surface area contributed by atoms with Crippen molar-refractivity contribution in [1.29, 1.82) is 0 Å². The van der Waals surface area contributed by atoms with Gasteiger partial charge >= 0.3 is 0 Å². The summed E-state index contributed by atoms with van der Waals surface area (Å²) in [5.41, 5.74) is 13.0. The van der Waals surface area contributed by atoms with E-state index in [2.05, 4.69) is 24.0 Å². The predicted octanol–water partition coefficient (Wildman–Crippen LogP) is 0.613. The van der Waals surface area contributed by atoms with Crippen molar-refractivity contribution >= 4 is 11.6 Å². The molecule has 0 aromatic heterocycles. The van der Waals surface area contributed by atoms with Crippen molar-refractivity contribution in [3.05, 3.63) is 48.2 Å². The van der Waals surface area contributed by atoms with Gasteiger partial charge in [-0.25, -0.2) is 0 Å². The summed E-state index contributed by atoms with van der Waals surface area (Å²) in [6.07, 6.45) is 3.26. The highest BCUT2D eigenvalue weighted by Crippen LogP contribution is 2.25. The molecule has 6 heteroatoms. The van der Waals surface area contributed by atoms with Crippen LogP contribution in [0.25, 0.3) is 0 Å². The van der Waals surface area contributed by atoms with Gasteiger partial charge in [-0.15, -0.1) is 0 Å². The van der Waals surface area contributed by atoms with Gasteiger partial charge in [0.05, 0.1) is 12.2 Å². The molecule has 0 amide bonds. The SMILES string of the molecule is C=C(C(=O)C(=O)CNCCCN)N1CCCC(N)(Cc2ccccc2)C1. The van der Waals surface area contributed by atoms with Gasteiger partial charge in [0, 0.05) is 18.6 Å². The maximum absolute atomic E-state index is 12.4. The van der Waals surface area contributed by atoms with Crippen LogP contribution in [0.3, 0.4) is 0 Å². The molecule has 0 bridgehead atoms. The molecule has 0 aliphatic carbocycles. The molecule has 6 nitrogen and oxygen atoms in total. The van der Waals surface area contributed by atoms with Crippen LogP contribution >= 0.6 is 0 Å². The van der Waals surface area contributed by atoms with Gasteiger partial charge in [0.25, 0.3) is 0 Å². The van der Waals surface area contributed by atoms with E-state index in [4.69, 9.17) is 11.5 Å². The molecule has 1 aromatic rings. The number of nitrogens with one attached hydrogen (secondary N) is 1. The molecule has 1 heterocycles. The number of likely N-dealkylation sites (tertiary alicyclic amines) is 1. The fourth-order valence-corrected chi connectivity index (χ4v) is 3.35. The van der Waals surface area contributed by atoms with Gasteiger partial charge in [0.1, 0.15) is 0 Å². The lowest BCUT2D eigenvalue weighted by atomic mass is 9.84. The third-order valence-electron chi connectivity index (χ3n) is 4.75. The third-order valence-corrected chi connectivity index (χ3v) is 4.75. The first-order valence-corrected chi connectivity index (χ1v) is 9.20. The van der Waals surface area contributed by atoms with Crippen LogP contribution in [-0.2, 0) is 16.0 Å². The van der Waals surface area contributed by atoms with Crippen LogP contribution in [0.15, 0.2) is 42.6 Å². The highest BCUT2D eigenvalue weighted by Gasteiger charge is 2.34. The molecule has 5 N–H and O–H groups in total. The molecule has 0 saturated carbocycles. The van der Waals surface area contributed by atoms with E-state index < -0.39 is 17.1 Å². The number of nitrogens with two attached hydrogens (primary N) is 2. The second kappa shape index (κ2) is 9.62. The van der Waals surface area contributed by atoms with Gasteiger partial charge < -0.3 is 21.7 Å². The Kier molecular flexibility index (Phi) is 7.50. The van der Waals surface area contributed by atoms with Crippen molar-refractivity contribution in [2.75, 3.05) is 32.7 Å². The van der Waals surface area contributed by atoms with Crippen LogP contribution in [0.4, 0.5) is 0 Å². The molecule has 1 aromatic carbocycles. The summed E-state index contributed by atoms with van der Waals surface area (Å²) in [6, 6.07) is 10.1. The number of hydrogen-bond acceptors (Lipinski definition) is 6. The zero-order valence-electron chi connectivity index (χ0n) is 15.4. The fourth-order valence-electron chi connectivity index (χ4n) is 3.35. The molecule has 26 heavy (non-hydrogen) atoms. The lowest BCUT2D eigenvalue weighted by Crippen LogP contribution is -2.56. The first-order valence-electron chi connectivity index (χ1n) is 9.20. The summed E-state index contributed by atoms with van der Waals surface area (Å²) in [5, 5.41) is 2.94. The van der Waals surface area contributed by atoms with Crippen LogP contribution in [0.2, 0.25) is 0 Å². The van der Waals surface area contributed by atoms with E-state index in [1.165, 1.54) is 5.56 Å². The van der Waals surface area contributed by atoms with Crippen LogP contribution in [0.5, 0.6) is 0 Å². The van der Waals surface area contributed by atoms with E-state index in [-0.39, 0.29) is 12.2 Å². The van der Waals surface area contributed by atoms with E-state index in [0.29, 0.717) is 26.2 Å². The third kappa shape index (κ3) is 5.76. The first-order chi connectivity index (χ1) is 12.4. The average Bonchev–Trinajstić information content (AvgIpc) is 2.64. The Labute approximate surface area is 155 Å². The molecule has 1 fully saturated rings. The Morgan fingerprint density at radius 3 is 2.69 bits per heavy atom. The predicted molar refractivity (Wildman–Crippen MR) is 104 cm³/mol. The van der Waals surface area contributed by atoms with Crippen LogP contribution in [0, 0.1) is 0 Å². The highest BCUT2D eigenvalue weighted by molar-refractivity contribution is 6.43. The van der Waals surface area contributed by atoms with E-state index in [0.717, 1.165) is 25.7 Å². The van der Waals surface area contributed by atoms with Gasteiger partial charge in [-0.05, 0) is 44.3 Å². The Bertz CT molecular complexity index is 632. The number of ketones is 2. The summed E-state index contributed by atoms with van der Waals surface area (Å²) < 4.78 is 0. The summed E-state index contributed by atoms with van der Waals surface area (Å²) in [5.74, 6) is -1.00. The second-order valence-electron chi connectivity index (χ2n) is 7.07. The van der Waals surface area contributed by atoms with Crippen molar-refractivity contribution in [2.45, 2.75) is 31.2 Å².